The maximum Gasteiger partial charge on any atom is 0.303 e. The molecule has 1 rings (SSSR count). The van der Waals surface area contributed by atoms with Crippen molar-refractivity contribution in [1.82, 2.24) is 0 Å². The average Bonchev–Trinajstić information content (AvgIpc) is 2.05. The van der Waals surface area contributed by atoms with Gasteiger partial charge in [-0.1, -0.05) is 11.6 Å². The lowest BCUT2D eigenvalue weighted by Crippen LogP contribution is -2.52. The molecule has 1 fully saturated rings. The number of hydrogen-bond acceptors (Lipinski definition) is 5. The molecule has 0 spiro atoms. The topological polar surface area (TPSA) is 76.0 Å². The molecule has 2 N–H and O–H groups in total. The second kappa shape index (κ2) is 4.23. The zero-order valence-corrected chi connectivity index (χ0v) is 7.77. The Kier molecular flexibility index (Phi) is 3.49. The lowest BCUT2D eigenvalue weighted by molar-refractivity contribution is -0.191. The Labute approximate surface area is 80.2 Å². The first-order valence-corrected chi connectivity index (χ1v) is 4.25. The summed E-state index contributed by atoms with van der Waals surface area (Å²) in [4.78, 5) is 10.6. The van der Waals surface area contributed by atoms with E-state index in [4.69, 9.17) is 21.4 Å². The standard InChI is InChI=1S/C7H11ClO5/c1-3(9)13-6-5(11)4(10)2-12-7(6)8/h4-7,10-11H,2H2,1H3/t4-,5+,6-,7+/m1/s1. The molecule has 1 saturated heterocycles. The minimum atomic E-state index is -1.19. The minimum absolute atomic E-state index is 0.0624. The Morgan fingerprint density at radius 3 is 2.77 bits per heavy atom. The molecular weight excluding hydrogens is 200 g/mol. The van der Waals surface area contributed by atoms with Gasteiger partial charge in [-0.3, -0.25) is 4.79 Å². The van der Waals surface area contributed by atoms with Gasteiger partial charge in [0.15, 0.2) is 11.7 Å². The third-order valence-corrected chi connectivity index (χ3v) is 2.09. The van der Waals surface area contributed by atoms with Gasteiger partial charge in [0.25, 0.3) is 0 Å². The van der Waals surface area contributed by atoms with E-state index in [2.05, 4.69) is 4.74 Å². The van der Waals surface area contributed by atoms with Gasteiger partial charge in [-0.15, -0.1) is 0 Å². The van der Waals surface area contributed by atoms with Crippen LogP contribution in [0.5, 0.6) is 0 Å². The zero-order chi connectivity index (χ0) is 10.0. The molecule has 1 heterocycles. The van der Waals surface area contributed by atoms with Gasteiger partial charge in [-0.05, 0) is 0 Å². The zero-order valence-electron chi connectivity index (χ0n) is 7.01. The summed E-state index contributed by atoms with van der Waals surface area (Å²) in [6.07, 6.45) is -3.28. The molecule has 0 amide bonds. The molecule has 0 unspecified atom stereocenters. The monoisotopic (exact) mass is 210 g/mol. The van der Waals surface area contributed by atoms with Gasteiger partial charge >= 0.3 is 5.97 Å². The van der Waals surface area contributed by atoms with Crippen molar-refractivity contribution in [3.05, 3.63) is 0 Å². The van der Waals surface area contributed by atoms with Gasteiger partial charge in [0.2, 0.25) is 0 Å². The van der Waals surface area contributed by atoms with Gasteiger partial charge in [-0.25, -0.2) is 0 Å². The fourth-order valence-electron chi connectivity index (χ4n) is 1.07. The maximum absolute atomic E-state index is 10.6. The van der Waals surface area contributed by atoms with Crippen molar-refractivity contribution in [3.8, 4) is 0 Å². The minimum Gasteiger partial charge on any atom is -0.456 e. The van der Waals surface area contributed by atoms with Crippen molar-refractivity contribution in [2.24, 2.45) is 0 Å². The first-order chi connectivity index (χ1) is 6.02. The Morgan fingerprint density at radius 2 is 2.23 bits per heavy atom. The Morgan fingerprint density at radius 1 is 1.62 bits per heavy atom. The number of carbonyl (C=O) groups excluding carboxylic acids is 1. The highest BCUT2D eigenvalue weighted by Gasteiger charge is 2.40. The van der Waals surface area contributed by atoms with Crippen molar-refractivity contribution in [1.29, 1.82) is 0 Å². The van der Waals surface area contributed by atoms with Crippen LogP contribution in [0.3, 0.4) is 0 Å². The summed E-state index contributed by atoms with van der Waals surface area (Å²) in [5.74, 6) is -0.576. The number of ether oxygens (including phenoxy) is 2. The van der Waals surface area contributed by atoms with Crippen LogP contribution in [-0.2, 0) is 14.3 Å². The molecule has 1 aliphatic rings. The van der Waals surface area contributed by atoms with Crippen molar-refractivity contribution >= 4 is 17.6 Å². The predicted molar refractivity (Wildman–Crippen MR) is 43.2 cm³/mol. The Hall–Kier alpha value is -0.360. The quantitative estimate of drug-likeness (QED) is 0.439. The van der Waals surface area contributed by atoms with Crippen LogP contribution < -0.4 is 0 Å². The van der Waals surface area contributed by atoms with E-state index in [0.29, 0.717) is 0 Å². The van der Waals surface area contributed by atoms with E-state index in [1.165, 1.54) is 6.92 Å². The molecular formula is C7H11ClO5. The van der Waals surface area contributed by atoms with E-state index in [9.17, 15) is 9.90 Å². The molecule has 13 heavy (non-hydrogen) atoms. The summed E-state index contributed by atoms with van der Waals surface area (Å²) in [5.41, 5.74) is -0.915. The van der Waals surface area contributed by atoms with Gasteiger partial charge in [0, 0.05) is 6.92 Å². The summed E-state index contributed by atoms with van der Waals surface area (Å²) >= 11 is 5.62. The summed E-state index contributed by atoms with van der Waals surface area (Å²) in [6, 6.07) is 0. The van der Waals surface area contributed by atoms with E-state index in [1.54, 1.807) is 0 Å². The van der Waals surface area contributed by atoms with E-state index in [0.717, 1.165) is 0 Å². The molecule has 4 atom stereocenters. The van der Waals surface area contributed by atoms with Crippen molar-refractivity contribution in [3.63, 3.8) is 0 Å². The summed E-state index contributed by atoms with van der Waals surface area (Å²) < 4.78 is 9.53. The second-order valence-corrected chi connectivity index (χ2v) is 3.25. The lowest BCUT2D eigenvalue weighted by atomic mass is 10.1. The van der Waals surface area contributed by atoms with Gasteiger partial charge in [-0.2, -0.15) is 0 Å². The van der Waals surface area contributed by atoms with Crippen LogP contribution in [0.1, 0.15) is 6.92 Å². The lowest BCUT2D eigenvalue weighted by Gasteiger charge is -2.34. The van der Waals surface area contributed by atoms with Crippen LogP contribution in [0.4, 0.5) is 0 Å². The molecule has 0 aromatic heterocycles. The molecule has 5 nitrogen and oxygen atoms in total. The molecule has 0 bridgehead atoms. The fraction of sp³-hybridized carbons (Fsp3) is 0.857. The molecule has 0 aromatic carbocycles. The van der Waals surface area contributed by atoms with Crippen LogP contribution in [-0.4, -0.2) is 46.7 Å². The highest BCUT2D eigenvalue weighted by molar-refractivity contribution is 6.20. The SMILES string of the molecule is CC(=O)O[C@@H]1[C@@H](O)[C@H](O)CO[C@@H]1Cl. The van der Waals surface area contributed by atoms with Crippen LogP contribution in [0.25, 0.3) is 0 Å². The number of carbonyl (C=O) groups is 1. The summed E-state index contributed by atoms with van der Waals surface area (Å²) in [5, 5.41) is 18.5. The number of esters is 1. The molecule has 0 saturated carbocycles. The molecule has 0 aromatic rings. The Balaban J connectivity index is 2.60. The summed E-state index contributed by atoms with van der Waals surface area (Å²) in [6.45, 7) is 1.13. The molecule has 0 radical (unpaired) electrons. The third-order valence-electron chi connectivity index (χ3n) is 1.72. The second-order valence-electron chi connectivity index (χ2n) is 2.82. The van der Waals surface area contributed by atoms with Crippen LogP contribution in [0.15, 0.2) is 0 Å². The number of halogens is 1. The van der Waals surface area contributed by atoms with Crippen molar-refractivity contribution in [2.45, 2.75) is 30.8 Å². The normalized spacial score (nSPS) is 40.0. The van der Waals surface area contributed by atoms with Gasteiger partial charge in [0.1, 0.15) is 12.2 Å². The predicted octanol–water partition coefficient (Wildman–Crippen LogP) is -0.765. The number of aliphatic hydroxyl groups is 2. The first kappa shape index (κ1) is 10.7. The van der Waals surface area contributed by atoms with Crippen LogP contribution >= 0.6 is 11.6 Å². The average molecular weight is 211 g/mol. The van der Waals surface area contributed by atoms with E-state index in [1.807, 2.05) is 0 Å². The molecule has 6 heteroatoms. The van der Waals surface area contributed by atoms with Gasteiger partial charge in [0.05, 0.1) is 6.61 Å². The molecule has 1 aliphatic heterocycles. The van der Waals surface area contributed by atoms with Crippen LogP contribution in [0.2, 0.25) is 0 Å². The van der Waals surface area contributed by atoms with Crippen LogP contribution in [0, 0.1) is 0 Å². The van der Waals surface area contributed by atoms with E-state index in [-0.39, 0.29) is 6.61 Å². The number of rotatable bonds is 1. The third kappa shape index (κ3) is 2.54. The van der Waals surface area contributed by atoms with Crippen molar-refractivity contribution < 1.29 is 24.5 Å². The van der Waals surface area contributed by atoms with Crippen molar-refractivity contribution in [2.75, 3.05) is 6.61 Å². The van der Waals surface area contributed by atoms with E-state index < -0.39 is 29.8 Å². The van der Waals surface area contributed by atoms with Gasteiger partial charge < -0.3 is 19.7 Å². The first-order valence-electron chi connectivity index (χ1n) is 3.81. The van der Waals surface area contributed by atoms with E-state index >= 15 is 0 Å². The molecule has 76 valence electrons. The Bertz CT molecular complexity index is 197. The summed E-state index contributed by atoms with van der Waals surface area (Å²) in [7, 11) is 0. The number of aliphatic hydroxyl groups excluding tert-OH is 2. The highest BCUT2D eigenvalue weighted by Crippen LogP contribution is 2.21. The number of alkyl halides is 1. The number of hydrogen-bond donors (Lipinski definition) is 2. The highest BCUT2D eigenvalue weighted by atomic mass is 35.5. The maximum atomic E-state index is 10.6. The fourth-order valence-corrected chi connectivity index (χ4v) is 1.35. The largest absolute Gasteiger partial charge is 0.456 e. The molecule has 0 aliphatic carbocycles. The smallest absolute Gasteiger partial charge is 0.303 e.